The third-order valence-corrected chi connectivity index (χ3v) is 3.70. The number of methoxy groups -OCH3 is 1. The minimum absolute atomic E-state index is 0.113. The number of halogens is 2. The van der Waals surface area contributed by atoms with E-state index in [0.717, 1.165) is 0 Å². The first kappa shape index (κ1) is 15.7. The Bertz CT molecular complexity index is 643. The van der Waals surface area contributed by atoms with E-state index in [1.807, 2.05) is 0 Å². The lowest BCUT2D eigenvalue weighted by atomic mass is 9.95. The molecule has 21 heavy (non-hydrogen) atoms. The van der Waals surface area contributed by atoms with E-state index < -0.39 is 5.60 Å². The fourth-order valence-corrected chi connectivity index (χ4v) is 2.25. The van der Waals surface area contributed by atoms with Crippen molar-refractivity contribution in [2.75, 3.05) is 13.7 Å². The van der Waals surface area contributed by atoms with Crippen LogP contribution in [-0.4, -0.2) is 19.6 Å². The number of hydrogen-bond acceptors (Lipinski definition) is 3. The minimum Gasteiger partial charge on any atom is -0.444 e. The smallest absolute Gasteiger partial charge is 0.287 e. The average molecular weight is 356 g/mol. The molecule has 0 fully saturated rings. The summed E-state index contributed by atoms with van der Waals surface area (Å²) in [6.07, 6.45) is 0. The molecule has 0 radical (unpaired) electrons. The molecule has 1 aromatic heterocycles. The van der Waals surface area contributed by atoms with Crippen molar-refractivity contribution in [1.29, 1.82) is 0 Å². The van der Waals surface area contributed by atoms with Crippen molar-refractivity contribution >= 4 is 21.8 Å². The van der Waals surface area contributed by atoms with Crippen LogP contribution in [0.1, 0.15) is 23.0 Å². The Morgan fingerprint density at radius 1 is 1.38 bits per heavy atom. The van der Waals surface area contributed by atoms with Gasteiger partial charge in [0.05, 0.1) is 6.54 Å². The van der Waals surface area contributed by atoms with Gasteiger partial charge in [-0.1, -0.05) is 18.2 Å². The van der Waals surface area contributed by atoms with E-state index in [9.17, 15) is 9.18 Å². The quantitative estimate of drug-likeness (QED) is 0.893. The fourth-order valence-electron chi connectivity index (χ4n) is 1.94. The fraction of sp³-hybridized carbons (Fsp3) is 0.267. The van der Waals surface area contributed by atoms with Crippen LogP contribution < -0.4 is 5.32 Å². The van der Waals surface area contributed by atoms with Crippen molar-refractivity contribution in [2.24, 2.45) is 0 Å². The van der Waals surface area contributed by atoms with Crippen LogP contribution in [0.25, 0.3) is 0 Å². The Labute approximate surface area is 130 Å². The molecule has 0 saturated carbocycles. The van der Waals surface area contributed by atoms with Crippen LogP contribution >= 0.6 is 15.9 Å². The molecule has 1 heterocycles. The van der Waals surface area contributed by atoms with Crippen molar-refractivity contribution < 1.29 is 18.3 Å². The SMILES string of the molecule is CO[C@@](C)(CNC(=O)c1ccc(Br)o1)c1ccccc1F. The van der Waals surface area contributed by atoms with Gasteiger partial charge in [0.15, 0.2) is 10.4 Å². The summed E-state index contributed by atoms with van der Waals surface area (Å²) in [6, 6.07) is 9.50. The molecule has 1 aromatic carbocycles. The van der Waals surface area contributed by atoms with E-state index in [1.54, 1.807) is 37.3 Å². The maximum absolute atomic E-state index is 13.9. The first-order valence-corrected chi connectivity index (χ1v) is 7.09. The number of hydrogen-bond donors (Lipinski definition) is 1. The van der Waals surface area contributed by atoms with Gasteiger partial charge in [0.25, 0.3) is 5.91 Å². The number of rotatable bonds is 5. The lowest BCUT2D eigenvalue weighted by molar-refractivity contribution is 0.000178. The summed E-state index contributed by atoms with van der Waals surface area (Å²) < 4.78 is 24.9. The maximum atomic E-state index is 13.9. The zero-order valence-corrected chi connectivity index (χ0v) is 13.2. The molecule has 2 rings (SSSR count). The zero-order valence-electron chi connectivity index (χ0n) is 11.7. The molecule has 1 atom stereocenters. The highest BCUT2D eigenvalue weighted by Gasteiger charge is 2.30. The Morgan fingerprint density at radius 2 is 2.10 bits per heavy atom. The van der Waals surface area contributed by atoms with Gasteiger partial charge in [-0.25, -0.2) is 4.39 Å². The predicted octanol–water partition coefficient (Wildman–Crippen LogP) is 3.47. The zero-order chi connectivity index (χ0) is 15.5. The van der Waals surface area contributed by atoms with Crippen molar-refractivity contribution in [3.8, 4) is 0 Å². The van der Waals surface area contributed by atoms with E-state index in [2.05, 4.69) is 21.2 Å². The number of carbonyl (C=O) groups is 1. The molecule has 0 aliphatic rings. The van der Waals surface area contributed by atoms with Gasteiger partial charge in [0, 0.05) is 12.7 Å². The number of benzene rings is 1. The molecular formula is C15H15BrFNO3. The summed E-state index contributed by atoms with van der Waals surface area (Å²) in [7, 11) is 1.47. The molecule has 1 N–H and O–H groups in total. The molecule has 0 aliphatic heterocycles. The molecule has 0 unspecified atom stereocenters. The summed E-state index contributed by atoms with van der Waals surface area (Å²) in [5.74, 6) is -0.592. The highest BCUT2D eigenvalue weighted by Crippen LogP contribution is 2.26. The standard InChI is InChI=1S/C15H15BrFNO3/c1-15(20-2,10-5-3-4-6-11(10)17)9-18-14(19)12-7-8-13(16)21-12/h3-8H,9H2,1-2H3,(H,18,19)/t15-/m0/s1. The largest absolute Gasteiger partial charge is 0.444 e. The van der Waals surface area contributed by atoms with E-state index >= 15 is 0 Å². The van der Waals surface area contributed by atoms with Gasteiger partial charge < -0.3 is 14.5 Å². The van der Waals surface area contributed by atoms with Crippen LogP contribution in [-0.2, 0) is 10.3 Å². The second kappa shape index (κ2) is 6.41. The maximum Gasteiger partial charge on any atom is 0.287 e. The molecule has 112 valence electrons. The van der Waals surface area contributed by atoms with Crippen molar-refractivity contribution in [1.82, 2.24) is 5.32 Å². The second-order valence-electron chi connectivity index (χ2n) is 4.70. The molecule has 0 aliphatic carbocycles. The first-order chi connectivity index (χ1) is 9.96. The van der Waals surface area contributed by atoms with Crippen LogP contribution in [0.4, 0.5) is 4.39 Å². The van der Waals surface area contributed by atoms with E-state index in [-0.39, 0.29) is 24.0 Å². The monoisotopic (exact) mass is 355 g/mol. The summed E-state index contributed by atoms with van der Waals surface area (Å²) in [5.41, 5.74) is -0.585. The second-order valence-corrected chi connectivity index (χ2v) is 5.48. The van der Waals surface area contributed by atoms with Crippen LogP contribution in [0.3, 0.4) is 0 Å². The summed E-state index contributed by atoms with van der Waals surface area (Å²) in [6.45, 7) is 1.82. The van der Waals surface area contributed by atoms with Crippen LogP contribution in [0.15, 0.2) is 45.5 Å². The molecule has 1 amide bonds. The Hall–Kier alpha value is -1.66. The van der Waals surface area contributed by atoms with Gasteiger partial charge in [-0.15, -0.1) is 0 Å². The van der Waals surface area contributed by atoms with Gasteiger partial charge in [0.2, 0.25) is 0 Å². The van der Waals surface area contributed by atoms with Crippen LogP contribution in [0.2, 0.25) is 0 Å². The number of nitrogens with one attached hydrogen (secondary N) is 1. The third-order valence-electron chi connectivity index (χ3n) is 3.28. The first-order valence-electron chi connectivity index (χ1n) is 6.30. The van der Waals surface area contributed by atoms with Crippen molar-refractivity contribution in [3.05, 3.63) is 58.2 Å². The number of amides is 1. The molecule has 6 heteroatoms. The topological polar surface area (TPSA) is 51.5 Å². The van der Waals surface area contributed by atoms with Gasteiger partial charge in [-0.2, -0.15) is 0 Å². The van der Waals surface area contributed by atoms with Crippen LogP contribution in [0.5, 0.6) is 0 Å². The summed E-state index contributed by atoms with van der Waals surface area (Å²) in [4.78, 5) is 12.0. The normalized spacial score (nSPS) is 13.7. The number of ether oxygens (including phenoxy) is 1. The summed E-state index contributed by atoms with van der Waals surface area (Å²) in [5, 5.41) is 2.68. The molecule has 0 spiro atoms. The average Bonchev–Trinajstić information content (AvgIpc) is 2.91. The lowest BCUT2D eigenvalue weighted by Gasteiger charge is -2.29. The Balaban J connectivity index is 2.12. The lowest BCUT2D eigenvalue weighted by Crippen LogP contribution is -2.40. The van der Waals surface area contributed by atoms with Crippen LogP contribution in [0, 0.1) is 5.82 Å². The summed E-state index contributed by atoms with van der Waals surface area (Å²) >= 11 is 3.13. The predicted molar refractivity (Wildman–Crippen MR) is 79.5 cm³/mol. The molecule has 0 bridgehead atoms. The third kappa shape index (κ3) is 3.51. The van der Waals surface area contributed by atoms with Gasteiger partial charge >= 0.3 is 0 Å². The molecule has 4 nitrogen and oxygen atoms in total. The number of carbonyl (C=O) groups excluding carboxylic acids is 1. The highest BCUT2D eigenvalue weighted by atomic mass is 79.9. The number of furan rings is 1. The van der Waals surface area contributed by atoms with Gasteiger partial charge in [-0.3, -0.25) is 4.79 Å². The van der Waals surface area contributed by atoms with E-state index in [4.69, 9.17) is 9.15 Å². The van der Waals surface area contributed by atoms with E-state index in [0.29, 0.717) is 10.2 Å². The van der Waals surface area contributed by atoms with Gasteiger partial charge in [0.1, 0.15) is 11.4 Å². The van der Waals surface area contributed by atoms with Crippen molar-refractivity contribution in [2.45, 2.75) is 12.5 Å². The molecule has 0 saturated heterocycles. The minimum atomic E-state index is -0.967. The van der Waals surface area contributed by atoms with Gasteiger partial charge in [-0.05, 0) is 41.1 Å². The highest BCUT2D eigenvalue weighted by molar-refractivity contribution is 9.10. The Kier molecular flexibility index (Phi) is 4.80. The molecule has 2 aromatic rings. The molecular weight excluding hydrogens is 341 g/mol. The van der Waals surface area contributed by atoms with Crippen molar-refractivity contribution in [3.63, 3.8) is 0 Å². The Morgan fingerprint density at radius 3 is 2.67 bits per heavy atom. The van der Waals surface area contributed by atoms with E-state index in [1.165, 1.54) is 13.2 Å².